The van der Waals surface area contributed by atoms with Gasteiger partial charge in [0.15, 0.2) is 5.41 Å². The molecule has 1 aliphatic carbocycles. The lowest BCUT2D eigenvalue weighted by Crippen LogP contribution is -2.43. The van der Waals surface area contributed by atoms with Gasteiger partial charge in [-0.25, -0.2) is 4.99 Å². The van der Waals surface area contributed by atoms with Crippen molar-refractivity contribution in [2.75, 3.05) is 13.2 Å². The molecule has 0 amide bonds. The molecule has 124 valence electrons. The van der Waals surface area contributed by atoms with Gasteiger partial charge in [0.25, 0.3) is 5.91 Å². The summed E-state index contributed by atoms with van der Waals surface area (Å²) in [5.41, 5.74) is 5.57. The molecule has 3 rings (SSSR count). The fraction of sp³-hybridized carbons (Fsp3) is 0.500. The highest BCUT2D eigenvalue weighted by Crippen LogP contribution is 2.81. The largest absolute Gasteiger partial charge is 0.386 e. The third kappa shape index (κ3) is 1.62. The molecule has 0 unspecified atom stereocenters. The molecule has 2 N–H and O–H groups in total. The van der Waals surface area contributed by atoms with E-state index in [1.54, 1.807) is 13.8 Å². The molecule has 3 atom stereocenters. The molecule has 0 aromatic heterocycles. The summed E-state index contributed by atoms with van der Waals surface area (Å²) >= 11 is 0. The highest BCUT2D eigenvalue weighted by Gasteiger charge is 2.93. The van der Waals surface area contributed by atoms with Crippen molar-refractivity contribution < 1.29 is 9.47 Å². The Hall–Kier alpha value is -2.41. The molecule has 0 radical (unpaired) electrons. The first-order valence-electron chi connectivity index (χ1n) is 8.02. The Morgan fingerprint density at radius 1 is 1.21 bits per heavy atom. The van der Waals surface area contributed by atoms with Crippen molar-refractivity contribution in [2.45, 2.75) is 32.6 Å². The van der Waals surface area contributed by atoms with Crippen LogP contribution in [0.15, 0.2) is 29.3 Å². The SMILES string of the molecule is CCOC1(OCC)N=C(N)[C@]2(C#N)[C@@H](c3cccc(C)c3)[C@]12C#N. The van der Waals surface area contributed by atoms with Crippen LogP contribution in [0.25, 0.3) is 0 Å². The van der Waals surface area contributed by atoms with Crippen LogP contribution in [-0.4, -0.2) is 25.0 Å². The number of hydrogen-bond acceptors (Lipinski definition) is 6. The topological polar surface area (TPSA) is 104 Å². The van der Waals surface area contributed by atoms with E-state index in [-0.39, 0.29) is 5.84 Å². The van der Waals surface area contributed by atoms with Crippen LogP contribution in [0.1, 0.15) is 30.9 Å². The summed E-state index contributed by atoms with van der Waals surface area (Å²) in [4.78, 5) is 4.32. The van der Waals surface area contributed by atoms with Crippen LogP contribution >= 0.6 is 0 Å². The molecule has 1 aromatic carbocycles. The van der Waals surface area contributed by atoms with Gasteiger partial charge in [-0.1, -0.05) is 29.8 Å². The molecular formula is C18H20N4O2. The second kappa shape index (κ2) is 5.31. The first kappa shape index (κ1) is 16.4. The van der Waals surface area contributed by atoms with E-state index in [1.807, 2.05) is 31.2 Å². The Labute approximate surface area is 141 Å². The number of aliphatic imine (C=N–C) groups is 1. The predicted octanol–water partition coefficient (Wildman–Crippen LogP) is 2.21. The summed E-state index contributed by atoms with van der Waals surface area (Å²) in [7, 11) is 0. The summed E-state index contributed by atoms with van der Waals surface area (Å²) < 4.78 is 11.6. The summed E-state index contributed by atoms with van der Waals surface area (Å²) in [6, 6.07) is 12.3. The zero-order valence-electron chi connectivity index (χ0n) is 14.0. The molecule has 0 saturated heterocycles. The smallest absolute Gasteiger partial charge is 0.293 e. The van der Waals surface area contributed by atoms with E-state index in [0.717, 1.165) is 11.1 Å². The third-order valence-corrected chi connectivity index (χ3v) is 4.98. The first-order chi connectivity index (χ1) is 11.5. The number of nitrogens with zero attached hydrogens (tertiary/aromatic N) is 3. The van der Waals surface area contributed by atoms with Gasteiger partial charge in [0, 0.05) is 19.1 Å². The van der Waals surface area contributed by atoms with Gasteiger partial charge in [0.1, 0.15) is 11.3 Å². The average Bonchev–Trinajstić information content (AvgIpc) is 3.14. The van der Waals surface area contributed by atoms with E-state index < -0.39 is 22.7 Å². The van der Waals surface area contributed by atoms with Crippen LogP contribution in [0.2, 0.25) is 0 Å². The van der Waals surface area contributed by atoms with Gasteiger partial charge in [0.2, 0.25) is 0 Å². The summed E-state index contributed by atoms with van der Waals surface area (Å²) in [5.74, 6) is -1.87. The number of benzene rings is 1. The van der Waals surface area contributed by atoms with Crippen molar-refractivity contribution in [3.8, 4) is 12.1 Å². The lowest BCUT2D eigenvalue weighted by molar-refractivity contribution is -0.255. The van der Waals surface area contributed by atoms with E-state index >= 15 is 0 Å². The molecule has 6 nitrogen and oxygen atoms in total. The summed E-state index contributed by atoms with van der Waals surface area (Å²) in [5, 5.41) is 20.0. The zero-order chi connectivity index (χ0) is 17.6. The highest BCUT2D eigenvalue weighted by molar-refractivity contribution is 6.00. The minimum atomic E-state index is -1.54. The monoisotopic (exact) mass is 324 g/mol. The first-order valence-corrected chi connectivity index (χ1v) is 8.02. The molecule has 0 spiro atoms. The number of nitrogens with two attached hydrogens (primary N) is 1. The fourth-order valence-electron chi connectivity index (χ4n) is 4.10. The van der Waals surface area contributed by atoms with E-state index in [9.17, 15) is 10.5 Å². The molecular weight excluding hydrogens is 304 g/mol. The van der Waals surface area contributed by atoms with E-state index in [0.29, 0.717) is 13.2 Å². The normalized spacial score (nSPS) is 32.4. The second-order valence-corrected chi connectivity index (χ2v) is 6.13. The Morgan fingerprint density at radius 3 is 2.38 bits per heavy atom. The number of nitriles is 2. The number of amidine groups is 1. The maximum Gasteiger partial charge on any atom is 0.293 e. The molecule has 1 heterocycles. The van der Waals surface area contributed by atoms with Gasteiger partial charge >= 0.3 is 0 Å². The lowest BCUT2D eigenvalue weighted by Gasteiger charge is -2.31. The van der Waals surface area contributed by atoms with Crippen molar-refractivity contribution in [1.82, 2.24) is 0 Å². The number of aryl methyl sites for hydroxylation is 1. The Balaban J connectivity index is 2.23. The lowest BCUT2D eigenvalue weighted by atomic mass is 9.93. The molecule has 1 aromatic rings. The van der Waals surface area contributed by atoms with Crippen molar-refractivity contribution in [3.05, 3.63) is 35.4 Å². The summed E-state index contributed by atoms with van der Waals surface area (Å²) in [6.07, 6.45) is 0. The molecule has 1 saturated carbocycles. The van der Waals surface area contributed by atoms with Gasteiger partial charge in [-0.05, 0) is 26.3 Å². The van der Waals surface area contributed by atoms with E-state index in [2.05, 4.69) is 17.1 Å². The minimum Gasteiger partial charge on any atom is -0.386 e. The van der Waals surface area contributed by atoms with E-state index in [1.165, 1.54) is 0 Å². The minimum absolute atomic E-state index is 0.111. The van der Waals surface area contributed by atoms with E-state index in [4.69, 9.17) is 15.2 Å². The highest BCUT2D eigenvalue weighted by atomic mass is 16.7. The van der Waals surface area contributed by atoms with Gasteiger partial charge in [-0.2, -0.15) is 10.5 Å². The Morgan fingerprint density at radius 2 is 1.88 bits per heavy atom. The molecule has 24 heavy (non-hydrogen) atoms. The second-order valence-electron chi connectivity index (χ2n) is 6.13. The molecule has 6 heteroatoms. The van der Waals surface area contributed by atoms with Crippen LogP contribution in [-0.2, 0) is 9.47 Å². The Kier molecular flexibility index (Phi) is 3.64. The number of fused-ring (bicyclic) bond motifs is 1. The van der Waals surface area contributed by atoms with Crippen molar-refractivity contribution >= 4 is 5.84 Å². The van der Waals surface area contributed by atoms with Crippen molar-refractivity contribution in [3.63, 3.8) is 0 Å². The molecule has 1 aliphatic heterocycles. The molecule has 0 bridgehead atoms. The van der Waals surface area contributed by atoms with Crippen LogP contribution in [0, 0.1) is 40.4 Å². The third-order valence-electron chi connectivity index (χ3n) is 4.98. The standard InChI is InChI=1S/C18H20N4O2/c1-4-23-18(24-5-2)17(11-20)14(13-8-6-7-12(3)9-13)16(17,10-19)15(21)22-18/h6-9,14H,4-5H2,1-3H3,(H2,21,22)/t14-,16+,17+/m1/s1. The number of ether oxygens (including phenoxy) is 2. The van der Waals surface area contributed by atoms with Crippen molar-refractivity contribution in [1.29, 1.82) is 10.5 Å². The van der Waals surface area contributed by atoms with Gasteiger partial charge in [-0.15, -0.1) is 0 Å². The number of hydrogen-bond donors (Lipinski definition) is 1. The van der Waals surface area contributed by atoms with Gasteiger partial charge in [0.05, 0.1) is 12.1 Å². The molecule has 1 fully saturated rings. The van der Waals surface area contributed by atoms with Gasteiger partial charge in [-0.3, -0.25) is 0 Å². The summed E-state index contributed by atoms with van der Waals surface area (Å²) in [6.45, 7) is 6.15. The van der Waals surface area contributed by atoms with Crippen LogP contribution in [0.5, 0.6) is 0 Å². The maximum atomic E-state index is 10.1. The van der Waals surface area contributed by atoms with Gasteiger partial charge < -0.3 is 15.2 Å². The van der Waals surface area contributed by atoms with Crippen LogP contribution in [0.4, 0.5) is 0 Å². The predicted molar refractivity (Wildman–Crippen MR) is 87.6 cm³/mol. The zero-order valence-corrected chi connectivity index (χ0v) is 14.0. The average molecular weight is 324 g/mol. The number of rotatable bonds is 5. The van der Waals surface area contributed by atoms with Crippen molar-refractivity contribution in [2.24, 2.45) is 21.6 Å². The quantitative estimate of drug-likeness (QED) is 0.836. The molecule has 2 aliphatic rings. The maximum absolute atomic E-state index is 10.1. The fourth-order valence-corrected chi connectivity index (χ4v) is 4.10. The van der Waals surface area contributed by atoms with Crippen LogP contribution < -0.4 is 5.73 Å². The van der Waals surface area contributed by atoms with Crippen LogP contribution in [0.3, 0.4) is 0 Å². The Bertz CT molecular complexity index is 785.